The molecule has 4 N–H and O–H groups in total. The van der Waals surface area contributed by atoms with Crippen LogP contribution < -0.4 is 11.1 Å². The Balaban J connectivity index is 2.81. The third kappa shape index (κ3) is 2.55. The highest BCUT2D eigenvalue weighted by Crippen LogP contribution is 2.14. The minimum absolute atomic E-state index is 0.0109. The maximum Gasteiger partial charge on any atom is 0.238 e. The van der Waals surface area contributed by atoms with Gasteiger partial charge in [-0.1, -0.05) is 6.07 Å². The summed E-state index contributed by atoms with van der Waals surface area (Å²) in [5.41, 5.74) is 7.67. The largest absolute Gasteiger partial charge is 0.392 e. The summed E-state index contributed by atoms with van der Waals surface area (Å²) in [6.07, 6.45) is 0. The van der Waals surface area contributed by atoms with Crippen molar-refractivity contribution >= 4 is 11.6 Å². The summed E-state index contributed by atoms with van der Waals surface area (Å²) in [6, 6.07) is 5.33. The van der Waals surface area contributed by atoms with E-state index in [0.29, 0.717) is 5.69 Å². The first-order valence-electron chi connectivity index (χ1n) is 4.37. The van der Waals surface area contributed by atoms with E-state index in [1.54, 1.807) is 18.2 Å². The summed E-state index contributed by atoms with van der Waals surface area (Å²) >= 11 is 0. The smallest absolute Gasteiger partial charge is 0.238 e. The highest BCUT2D eigenvalue weighted by molar-refractivity contribution is 5.92. The highest BCUT2D eigenvalue weighted by atomic mass is 16.3. The maximum atomic E-state index is 11.0. The number of hydrogen-bond acceptors (Lipinski definition) is 3. The first-order chi connectivity index (χ1) is 6.67. The molecule has 1 rings (SSSR count). The molecule has 1 aromatic rings. The number of aryl methyl sites for hydroxylation is 1. The lowest BCUT2D eigenvalue weighted by Gasteiger charge is -2.07. The number of nitrogens with one attached hydrogen (secondary N) is 1. The summed E-state index contributed by atoms with van der Waals surface area (Å²) in [5, 5.41) is 11.6. The number of aliphatic hydroxyl groups excluding tert-OH is 1. The average Bonchev–Trinajstić information content (AvgIpc) is 2.18. The highest BCUT2D eigenvalue weighted by Gasteiger charge is 2.01. The van der Waals surface area contributed by atoms with Gasteiger partial charge >= 0.3 is 0 Å². The Labute approximate surface area is 82.7 Å². The van der Waals surface area contributed by atoms with E-state index < -0.39 is 0 Å². The Bertz CT molecular complexity index is 337. The molecule has 0 aliphatic heterocycles. The van der Waals surface area contributed by atoms with Gasteiger partial charge in [0.25, 0.3) is 0 Å². The first kappa shape index (κ1) is 10.7. The predicted molar refractivity (Wildman–Crippen MR) is 54.8 cm³/mol. The van der Waals surface area contributed by atoms with Crippen LogP contribution >= 0.6 is 0 Å². The second kappa shape index (κ2) is 4.74. The van der Waals surface area contributed by atoms with Gasteiger partial charge in [-0.15, -0.1) is 0 Å². The molecule has 0 bridgehead atoms. The van der Waals surface area contributed by atoms with Gasteiger partial charge in [0, 0.05) is 5.69 Å². The van der Waals surface area contributed by atoms with Gasteiger partial charge in [-0.25, -0.2) is 0 Å². The second-order valence-corrected chi connectivity index (χ2v) is 3.05. The van der Waals surface area contributed by atoms with Gasteiger partial charge in [-0.05, 0) is 30.2 Å². The standard InChI is InChI=1S/C10H14N2O2/c1-7-4-9(12-10(14)5-11)3-2-8(7)6-13/h2-4,13H,5-6,11H2,1H3,(H,12,14). The van der Waals surface area contributed by atoms with Gasteiger partial charge in [0.15, 0.2) is 0 Å². The second-order valence-electron chi connectivity index (χ2n) is 3.05. The summed E-state index contributed by atoms with van der Waals surface area (Å²) in [4.78, 5) is 11.0. The van der Waals surface area contributed by atoms with Crippen molar-refractivity contribution in [1.82, 2.24) is 0 Å². The van der Waals surface area contributed by atoms with E-state index in [4.69, 9.17) is 10.8 Å². The summed E-state index contributed by atoms with van der Waals surface area (Å²) < 4.78 is 0. The van der Waals surface area contributed by atoms with Gasteiger partial charge in [0.1, 0.15) is 0 Å². The van der Waals surface area contributed by atoms with Crippen molar-refractivity contribution in [2.75, 3.05) is 11.9 Å². The Kier molecular flexibility index (Phi) is 3.62. The molecular weight excluding hydrogens is 180 g/mol. The number of nitrogens with two attached hydrogens (primary N) is 1. The average molecular weight is 194 g/mol. The Morgan fingerprint density at radius 1 is 1.57 bits per heavy atom. The fraction of sp³-hybridized carbons (Fsp3) is 0.300. The Morgan fingerprint density at radius 2 is 2.29 bits per heavy atom. The number of anilines is 1. The molecule has 0 saturated heterocycles. The van der Waals surface area contributed by atoms with Crippen LogP contribution in [0.5, 0.6) is 0 Å². The molecule has 0 saturated carbocycles. The number of carbonyl (C=O) groups is 1. The zero-order valence-electron chi connectivity index (χ0n) is 8.08. The molecule has 4 heteroatoms. The zero-order chi connectivity index (χ0) is 10.6. The van der Waals surface area contributed by atoms with Crippen LogP contribution in [-0.2, 0) is 11.4 Å². The van der Waals surface area contributed by atoms with Gasteiger partial charge in [-0.2, -0.15) is 0 Å². The molecule has 0 unspecified atom stereocenters. The number of hydrogen-bond donors (Lipinski definition) is 3. The number of amides is 1. The quantitative estimate of drug-likeness (QED) is 0.651. The molecular formula is C10H14N2O2. The number of benzene rings is 1. The molecule has 76 valence electrons. The van der Waals surface area contributed by atoms with Crippen molar-refractivity contribution in [3.05, 3.63) is 29.3 Å². The van der Waals surface area contributed by atoms with Gasteiger partial charge in [0.2, 0.25) is 5.91 Å². The van der Waals surface area contributed by atoms with Gasteiger partial charge in [0.05, 0.1) is 13.2 Å². The number of rotatable bonds is 3. The van der Waals surface area contributed by atoms with Crippen molar-refractivity contribution in [2.24, 2.45) is 5.73 Å². The third-order valence-electron chi connectivity index (χ3n) is 1.98. The van der Waals surface area contributed by atoms with Crippen molar-refractivity contribution in [3.8, 4) is 0 Å². The lowest BCUT2D eigenvalue weighted by Crippen LogP contribution is -2.21. The Hall–Kier alpha value is -1.39. The number of aliphatic hydroxyl groups is 1. The molecule has 0 radical (unpaired) electrons. The van der Waals surface area contributed by atoms with Crippen LogP contribution in [0, 0.1) is 6.92 Å². The van der Waals surface area contributed by atoms with E-state index in [1.165, 1.54) is 0 Å². The van der Waals surface area contributed by atoms with Crippen molar-refractivity contribution in [3.63, 3.8) is 0 Å². The molecule has 1 aromatic carbocycles. The lowest BCUT2D eigenvalue weighted by molar-refractivity contribution is -0.114. The Morgan fingerprint density at radius 3 is 2.79 bits per heavy atom. The fourth-order valence-electron chi connectivity index (χ4n) is 1.16. The summed E-state index contributed by atoms with van der Waals surface area (Å²) in [5.74, 6) is -0.221. The normalized spacial score (nSPS) is 9.93. The molecule has 0 fully saturated rings. The monoisotopic (exact) mass is 194 g/mol. The van der Waals surface area contributed by atoms with E-state index >= 15 is 0 Å². The van der Waals surface area contributed by atoms with Crippen LogP contribution in [0.1, 0.15) is 11.1 Å². The lowest BCUT2D eigenvalue weighted by atomic mass is 10.1. The first-order valence-corrected chi connectivity index (χ1v) is 4.37. The minimum Gasteiger partial charge on any atom is -0.392 e. The van der Waals surface area contributed by atoms with Crippen LogP contribution in [0.2, 0.25) is 0 Å². The molecule has 0 aromatic heterocycles. The van der Waals surface area contributed by atoms with Crippen LogP contribution in [-0.4, -0.2) is 17.6 Å². The van der Waals surface area contributed by atoms with Crippen LogP contribution in [0.4, 0.5) is 5.69 Å². The SMILES string of the molecule is Cc1cc(NC(=O)CN)ccc1CO. The van der Waals surface area contributed by atoms with Gasteiger partial charge < -0.3 is 16.2 Å². The molecule has 0 heterocycles. The molecule has 4 nitrogen and oxygen atoms in total. The molecule has 0 aliphatic carbocycles. The van der Waals surface area contributed by atoms with Crippen LogP contribution in [0.3, 0.4) is 0 Å². The third-order valence-corrected chi connectivity index (χ3v) is 1.98. The van der Waals surface area contributed by atoms with E-state index in [9.17, 15) is 4.79 Å². The maximum absolute atomic E-state index is 11.0. The minimum atomic E-state index is -0.221. The van der Waals surface area contributed by atoms with Crippen molar-refractivity contribution in [2.45, 2.75) is 13.5 Å². The molecule has 1 amide bonds. The van der Waals surface area contributed by atoms with Gasteiger partial charge in [-0.3, -0.25) is 4.79 Å². The van der Waals surface area contributed by atoms with Crippen LogP contribution in [0.25, 0.3) is 0 Å². The predicted octanol–water partition coefficient (Wildman–Crippen LogP) is 0.385. The molecule has 14 heavy (non-hydrogen) atoms. The topological polar surface area (TPSA) is 75.4 Å². The van der Waals surface area contributed by atoms with E-state index in [2.05, 4.69) is 5.32 Å². The van der Waals surface area contributed by atoms with E-state index in [1.807, 2.05) is 6.92 Å². The van der Waals surface area contributed by atoms with Crippen molar-refractivity contribution in [1.29, 1.82) is 0 Å². The van der Waals surface area contributed by atoms with Crippen molar-refractivity contribution < 1.29 is 9.90 Å². The molecule has 0 atom stereocenters. The summed E-state index contributed by atoms with van der Waals surface area (Å²) in [6.45, 7) is 1.86. The molecule has 0 spiro atoms. The molecule has 0 aliphatic rings. The van der Waals surface area contributed by atoms with E-state index in [0.717, 1.165) is 11.1 Å². The summed E-state index contributed by atoms with van der Waals surface area (Å²) in [7, 11) is 0. The fourth-order valence-corrected chi connectivity index (χ4v) is 1.16. The zero-order valence-corrected chi connectivity index (χ0v) is 8.08. The number of carbonyl (C=O) groups excluding carboxylic acids is 1. The van der Waals surface area contributed by atoms with Crippen LogP contribution in [0.15, 0.2) is 18.2 Å². The van der Waals surface area contributed by atoms with E-state index in [-0.39, 0.29) is 19.1 Å².